The number of ether oxygens (including phenoxy) is 1. The second kappa shape index (κ2) is 5.23. The van der Waals surface area contributed by atoms with Gasteiger partial charge in [-0.2, -0.15) is 0 Å². The van der Waals surface area contributed by atoms with Crippen molar-refractivity contribution < 1.29 is 9.53 Å². The van der Waals surface area contributed by atoms with Gasteiger partial charge in [-0.1, -0.05) is 22.0 Å². The Kier molecular flexibility index (Phi) is 3.68. The third-order valence-electron chi connectivity index (χ3n) is 2.20. The van der Waals surface area contributed by atoms with Crippen LogP contribution < -0.4 is 0 Å². The number of halogens is 1. The fraction of sp³-hybridized carbons (Fsp3) is 0.250. The summed E-state index contributed by atoms with van der Waals surface area (Å²) < 4.78 is 5.80. The van der Waals surface area contributed by atoms with E-state index in [-0.39, 0.29) is 12.4 Å². The zero-order valence-electron chi connectivity index (χ0n) is 9.31. The minimum Gasteiger partial charge on any atom is -0.466 e. The summed E-state index contributed by atoms with van der Waals surface area (Å²) in [5.41, 5.74) is 0.814. The van der Waals surface area contributed by atoms with Gasteiger partial charge in [0, 0.05) is 16.1 Å². The van der Waals surface area contributed by atoms with E-state index in [0.717, 1.165) is 15.4 Å². The fourth-order valence-corrected chi connectivity index (χ4v) is 1.81. The number of benzene rings is 1. The van der Waals surface area contributed by atoms with Crippen LogP contribution in [-0.2, 0) is 16.0 Å². The summed E-state index contributed by atoms with van der Waals surface area (Å²) in [7, 11) is 0. The van der Waals surface area contributed by atoms with Crippen LogP contribution >= 0.6 is 15.9 Å². The highest BCUT2D eigenvalue weighted by atomic mass is 79.9. The average molecular weight is 295 g/mol. The van der Waals surface area contributed by atoms with E-state index in [4.69, 9.17) is 4.74 Å². The summed E-state index contributed by atoms with van der Waals surface area (Å²) in [5, 5.41) is 0.945. The predicted octanol–water partition coefficient (Wildman–Crippen LogP) is 2.50. The molecule has 5 heteroatoms. The van der Waals surface area contributed by atoms with Gasteiger partial charge in [0.15, 0.2) is 0 Å². The van der Waals surface area contributed by atoms with Crippen molar-refractivity contribution in [3.8, 4) is 0 Å². The molecule has 0 aliphatic rings. The molecule has 0 saturated carbocycles. The summed E-state index contributed by atoms with van der Waals surface area (Å²) in [5.74, 6) is 0.177. The number of hydrogen-bond acceptors (Lipinski definition) is 4. The van der Waals surface area contributed by atoms with Gasteiger partial charge in [0.25, 0.3) is 0 Å². The quantitative estimate of drug-likeness (QED) is 0.816. The topological polar surface area (TPSA) is 52.1 Å². The third-order valence-corrected chi connectivity index (χ3v) is 2.70. The van der Waals surface area contributed by atoms with Crippen LogP contribution in [0, 0.1) is 0 Å². The number of nitrogens with zero attached hydrogens (tertiary/aromatic N) is 2. The number of rotatable bonds is 3. The molecule has 0 saturated heterocycles. The van der Waals surface area contributed by atoms with E-state index in [2.05, 4.69) is 25.9 Å². The van der Waals surface area contributed by atoms with Gasteiger partial charge in [0.1, 0.15) is 12.2 Å². The fourth-order valence-electron chi connectivity index (χ4n) is 1.46. The van der Waals surface area contributed by atoms with Gasteiger partial charge in [-0.3, -0.25) is 4.79 Å². The summed E-state index contributed by atoms with van der Waals surface area (Å²) in [4.78, 5) is 19.8. The molecule has 1 aromatic heterocycles. The van der Waals surface area contributed by atoms with Gasteiger partial charge in [0.05, 0.1) is 12.1 Å². The number of carbonyl (C=O) groups excluding carboxylic acids is 1. The minimum absolute atomic E-state index is 0.107. The molecule has 0 unspecified atom stereocenters. The van der Waals surface area contributed by atoms with Gasteiger partial charge in [-0.15, -0.1) is 0 Å². The third kappa shape index (κ3) is 3.00. The minimum atomic E-state index is -0.304. The van der Waals surface area contributed by atoms with E-state index in [1.807, 2.05) is 18.2 Å². The van der Waals surface area contributed by atoms with Crippen molar-refractivity contribution in [3.63, 3.8) is 0 Å². The first-order chi connectivity index (χ1) is 8.19. The molecule has 17 heavy (non-hydrogen) atoms. The Morgan fingerprint density at radius 1 is 1.47 bits per heavy atom. The van der Waals surface area contributed by atoms with E-state index < -0.39 is 0 Å². The van der Waals surface area contributed by atoms with Crippen LogP contribution in [0.5, 0.6) is 0 Å². The van der Waals surface area contributed by atoms with Crippen molar-refractivity contribution in [2.24, 2.45) is 0 Å². The molecule has 1 heterocycles. The molecule has 0 aliphatic heterocycles. The van der Waals surface area contributed by atoms with Crippen molar-refractivity contribution in [3.05, 3.63) is 34.7 Å². The first-order valence-electron chi connectivity index (χ1n) is 5.26. The standard InChI is InChI=1S/C12H11BrN2O2/c1-2-17-12(16)6-11-14-7-8-3-4-9(13)5-10(8)15-11/h3-5,7H,2,6H2,1H3. The molecular weight excluding hydrogens is 284 g/mol. The smallest absolute Gasteiger partial charge is 0.313 e. The van der Waals surface area contributed by atoms with Crippen LogP contribution in [-0.4, -0.2) is 22.5 Å². The Hall–Kier alpha value is -1.49. The highest BCUT2D eigenvalue weighted by Crippen LogP contribution is 2.17. The average Bonchev–Trinajstić information content (AvgIpc) is 2.28. The normalized spacial score (nSPS) is 10.5. The van der Waals surface area contributed by atoms with Crippen LogP contribution in [0.3, 0.4) is 0 Å². The second-order valence-electron chi connectivity index (χ2n) is 3.47. The molecule has 0 atom stereocenters. The Morgan fingerprint density at radius 2 is 2.29 bits per heavy atom. The molecule has 0 aliphatic carbocycles. The molecule has 2 rings (SSSR count). The molecule has 0 radical (unpaired) electrons. The second-order valence-corrected chi connectivity index (χ2v) is 4.39. The molecule has 0 bridgehead atoms. The highest BCUT2D eigenvalue weighted by molar-refractivity contribution is 9.10. The number of hydrogen-bond donors (Lipinski definition) is 0. The first-order valence-corrected chi connectivity index (χ1v) is 6.05. The van der Waals surface area contributed by atoms with E-state index >= 15 is 0 Å². The lowest BCUT2D eigenvalue weighted by atomic mass is 10.2. The lowest BCUT2D eigenvalue weighted by molar-refractivity contribution is -0.142. The molecule has 4 nitrogen and oxygen atoms in total. The van der Waals surface area contributed by atoms with Crippen molar-refractivity contribution >= 4 is 32.8 Å². The maximum absolute atomic E-state index is 11.3. The van der Waals surface area contributed by atoms with Crippen LogP contribution in [0.25, 0.3) is 10.9 Å². The molecule has 1 aromatic carbocycles. The van der Waals surface area contributed by atoms with E-state index in [9.17, 15) is 4.79 Å². The Morgan fingerprint density at radius 3 is 3.06 bits per heavy atom. The van der Waals surface area contributed by atoms with Crippen molar-refractivity contribution in [1.82, 2.24) is 9.97 Å². The Bertz CT molecular complexity index is 557. The molecule has 2 aromatic rings. The van der Waals surface area contributed by atoms with Crippen LogP contribution in [0.2, 0.25) is 0 Å². The van der Waals surface area contributed by atoms with Crippen LogP contribution in [0.15, 0.2) is 28.9 Å². The molecule has 88 valence electrons. The first kappa shape index (κ1) is 12.0. The number of esters is 1. The maximum atomic E-state index is 11.3. The lowest BCUT2D eigenvalue weighted by Gasteiger charge is -2.02. The van der Waals surface area contributed by atoms with E-state index in [1.54, 1.807) is 13.1 Å². The SMILES string of the molecule is CCOC(=O)Cc1ncc2ccc(Br)cc2n1. The van der Waals surface area contributed by atoms with Gasteiger partial charge in [-0.05, 0) is 19.1 Å². The van der Waals surface area contributed by atoms with Crippen molar-refractivity contribution in [1.29, 1.82) is 0 Å². The summed E-state index contributed by atoms with van der Waals surface area (Å²) in [6.45, 7) is 2.15. The number of carbonyl (C=O) groups is 1. The number of aromatic nitrogens is 2. The number of fused-ring (bicyclic) bond motifs is 1. The van der Waals surface area contributed by atoms with Gasteiger partial charge < -0.3 is 4.74 Å². The molecule has 0 spiro atoms. The van der Waals surface area contributed by atoms with E-state index in [1.165, 1.54) is 0 Å². The summed E-state index contributed by atoms with van der Waals surface area (Å²) in [6.07, 6.45) is 1.82. The molecule has 0 fully saturated rings. The Balaban J connectivity index is 2.27. The Labute approximate surface area is 107 Å². The lowest BCUT2D eigenvalue weighted by Crippen LogP contribution is -2.10. The molecule has 0 amide bonds. The maximum Gasteiger partial charge on any atom is 0.313 e. The highest BCUT2D eigenvalue weighted by Gasteiger charge is 2.07. The van der Waals surface area contributed by atoms with Gasteiger partial charge in [0.2, 0.25) is 0 Å². The predicted molar refractivity (Wildman–Crippen MR) is 67.6 cm³/mol. The summed E-state index contributed by atoms with van der Waals surface area (Å²) in [6, 6.07) is 5.75. The largest absolute Gasteiger partial charge is 0.466 e. The van der Waals surface area contributed by atoms with Gasteiger partial charge >= 0.3 is 5.97 Å². The molecule has 0 N–H and O–H groups in total. The van der Waals surface area contributed by atoms with Crippen LogP contribution in [0.4, 0.5) is 0 Å². The molecular formula is C12H11BrN2O2. The van der Waals surface area contributed by atoms with Crippen LogP contribution in [0.1, 0.15) is 12.7 Å². The van der Waals surface area contributed by atoms with Crippen molar-refractivity contribution in [2.45, 2.75) is 13.3 Å². The van der Waals surface area contributed by atoms with Crippen molar-refractivity contribution in [2.75, 3.05) is 6.61 Å². The van der Waals surface area contributed by atoms with E-state index in [0.29, 0.717) is 12.4 Å². The zero-order valence-corrected chi connectivity index (χ0v) is 10.9. The van der Waals surface area contributed by atoms with Gasteiger partial charge in [-0.25, -0.2) is 9.97 Å². The summed E-state index contributed by atoms with van der Waals surface area (Å²) >= 11 is 3.38. The monoisotopic (exact) mass is 294 g/mol. The zero-order chi connectivity index (χ0) is 12.3.